The van der Waals surface area contributed by atoms with E-state index >= 15 is 0 Å². The Balaban J connectivity index is 3.41. The Morgan fingerprint density at radius 2 is 1.60 bits per heavy atom. The second kappa shape index (κ2) is 5.92. The highest BCUT2D eigenvalue weighted by Gasteiger charge is 2.11. The summed E-state index contributed by atoms with van der Waals surface area (Å²) < 4.78 is 14.6. The van der Waals surface area contributed by atoms with Crippen LogP contribution in [0.15, 0.2) is 0 Å². The standard InChI is InChI=1S/C6H13ClO3/c1-8-5(7)4-6(9-2)10-3/h5-6H,4H2,1-3H3. The minimum atomic E-state index is -0.343. The van der Waals surface area contributed by atoms with Gasteiger partial charge in [0.1, 0.15) is 5.56 Å². The highest BCUT2D eigenvalue weighted by atomic mass is 35.5. The zero-order chi connectivity index (χ0) is 7.98. The lowest BCUT2D eigenvalue weighted by Gasteiger charge is -2.15. The van der Waals surface area contributed by atoms with Gasteiger partial charge in [0.15, 0.2) is 6.29 Å². The molecule has 0 saturated heterocycles. The topological polar surface area (TPSA) is 27.7 Å². The fraction of sp³-hybridized carbons (Fsp3) is 1.00. The summed E-state index contributed by atoms with van der Waals surface area (Å²) in [6, 6.07) is 0. The minimum Gasteiger partial charge on any atom is -0.366 e. The maximum atomic E-state index is 5.64. The number of rotatable bonds is 5. The average molecular weight is 169 g/mol. The third-order valence-corrected chi connectivity index (χ3v) is 1.52. The monoisotopic (exact) mass is 168 g/mol. The van der Waals surface area contributed by atoms with Crippen LogP contribution in [0.1, 0.15) is 6.42 Å². The van der Waals surface area contributed by atoms with Crippen LogP contribution in [-0.2, 0) is 14.2 Å². The second-order valence-electron chi connectivity index (χ2n) is 1.78. The van der Waals surface area contributed by atoms with Gasteiger partial charge in [0, 0.05) is 27.8 Å². The van der Waals surface area contributed by atoms with Crippen molar-refractivity contribution in [2.75, 3.05) is 21.3 Å². The number of ether oxygens (including phenoxy) is 3. The van der Waals surface area contributed by atoms with Gasteiger partial charge in [0.2, 0.25) is 0 Å². The molecule has 0 amide bonds. The van der Waals surface area contributed by atoms with Crippen molar-refractivity contribution < 1.29 is 14.2 Å². The van der Waals surface area contributed by atoms with Gasteiger partial charge >= 0.3 is 0 Å². The van der Waals surface area contributed by atoms with Crippen LogP contribution in [0.2, 0.25) is 0 Å². The van der Waals surface area contributed by atoms with Crippen molar-refractivity contribution in [1.82, 2.24) is 0 Å². The molecule has 0 rings (SSSR count). The molecule has 0 bridgehead atoms. The van der Waals surface area contributed by atoms with E-state index in [0.717, 1.165) is 0 Å². The van der Waals surface area contributed by atoms with E-state index in [4.69, 9.17) is 25.8 Å². The summed E-state index contributed by atoms with van der Waals surface area (Å²) in [5.41, 5.74) is -0.343. The summed E-state index contributed by atoms with van der Waals surface area (Å²) >= 11 is 5.64. The van der Waals surface area contributed by atoms with Crippen LogP contribution in [0.5, 0.6) is 0 Å². The number of hydrogen-bond acceptors (Lipinski definition) is 3. The number of alkyl halides is 1. The van der Waals surface area contributed by atoms with Crippen molar-refractivity contribution in [3.8, 4) is 0 Å². The normalized spacial score (nSPS) is 14.1. The fourth-order valence-corrected chi connectivity index (χ4v) is 0.682. The van der Waals surface area contributed by atoms with Gasteiger partial charge in [-0.1, -0.05) is 11.6 Å². The van der Waals surface area contributed by atoms with E-state index in [9.17, 15) is 0 Å². The van der Waals surface area contributed by atoms with Crippen molar-refractivity contribution >= 4 is 11.6 Å². The Hall–Kier alpha value is 0.170. The van der Waals surface area contributed by atoms with Crippen LogP contribution in [0.3, 0.4) is 0 Å². The molecular weight excluding hydrogens is 156 g/mol. The summed E-state index contributed by atoms with van der Waals surface area (Å²) in [6.07, 6.45) is 0.257. The van der Waals surface area contributed by atoms with Gasteiger partial charge in [-0.15, -0.1) is 0 Å². The number of halogens is 1. The zero-order valence-electron chi connectivity index (χ0n) is 6.46. The van der Waals surface area contributed by atoms with Crippen LogP contribution < -0.4 is 0 Å². The summed E-state index contributed by atoms with van der Waals surface area (Å²) in [5, 5.41) is 0. The predicted octanol–water partition coefficient (Wildman–Crippen LogP) is 1.21. The average Bonchev–Trinajstić information content (AvgIpc) is 1.99. The molecule has 10 heavy (non-hydrogen) atoms. The Kier molecular flexibility index (Phi) is 6.02. The lowest BCUT2D eigenvalue weighted by molar-refractivity contribution is -0.117. The molecule has 0 heterocycles. The Morgan fingerprint density at radius 3 is 1.90 bits per heavy atom. The Morgan fingerprint density at radius 1 is 1.10 bits per heavy atom. The highest BCUT2D eigenvalue weighted by Crippen LogP contribution is 2.08. The van der Waals surface area contributed by atoms with Gasteiger partial charge in [0.25, 0.3) is 0 Å². The summed E-state index contributed by atoms with van der Waals surface area (Å²) in [4.78, 5) is 0. The molecule has 0 aromatic heterocycles. The molecule has 0 aliphatic heterocycles. The fourth-order valence-electron chi connectivity index (χ4n) is 0.536. The maximum Gasteiger partial charge on any atom is 0.160 e. The molecule has 0 aromatic rings. The highest BCUT2D eigenvalue weighted by molar-refractivity contribution is 6.19. The quantitative estimate of drug-likeness (QED) is 0.456. The smallest absolute Gasteiger partial charge is 0.160 e. The van der Waals surface area contributed by atoms with Crippen molar-refractivity contribution in [3.63, 3.8) is 0 Å². The summed E-state index contributed by atoms with van der Waals surface area (Å²) in [5.74, 6) is 0. The van der Waals surface area contributed by atoms with E-state index in [1.807, 2.05) is 0 Å². The molecule has 0 aromatic carbocycles. The predicted molar refractivity (Wildman–Crippen MR) is 39.1 cm³/mol. The molecule has 3 nitrogen and oxygen atoms in total. The van der Waals surface area contributed by atoms with E-state index in [2.05, 4.69) is 0 Å². The first-order valence-corrected chi connectivity index (χ1v) is 3.40. The van der Waals surface area contributed by atoms with Crippen LogP contribution in [0.4, 0.5) is 0 Å². The van der Waals surface area contributed by atoms with E-state index in [0.29, 0.717) is 6.42 Å². The Bertz CT molecular complexity index is 75.4. The van der Waals surface area contributed by atoms with Crippen LogP contribution in [0, 0.1) is 0 Å². The molecule has 62 valence electrons. The number of hydrogen-bond donors (Lipinski definition) is 0. The molecule has 0 saturated carbocycles. The summed E-state index contributed by atoms with van der Waals surface area (Å²) in [7, 11) is 4.67. The second-order valence-corrected chi connectivity index (χ2v) is 2.27. The lowest BCUT2D eigenvalue weighted by atomic mass is 10.4. The third kappa shape index (κ3) is 4.06. The van der Waals surface area contributed by atoms with Crippen molar-refractivity contribution in [2.24, 2.45) is 0 Å². The van der Waals surface area contributed by atoms with Gasteiger partial charge in [-0.05, 0) is 0 Å². The van der Waals surface area contributed by atoms with Gasteiger partial charge < -0.3 is 14.2 Å². The van der Waals surface area contributed by atoms with Gasteiger partial charge in [0.05, 0.1) is 0 Å². The SMILES string of the molecule is COC(Cl)CC(OC)OC. The molecule has 4 heteroatoms. The first-order chi connectivity index (χ1) is 4.74. The molecular formula is C6H13ClO3. The molecule has 1 atom stereocenters. The maximum absolute atomic E-state index is 5.64. The molecule has 0 radical (unpaired) electrons. The third-order valence-electron chi connectivity index (χ3n) is 1.16. The molecule has 0 fully saturated rings. The molecule has 1 unspecified atom stereocenters. The van der Waals surface area contributed by atoms with Crippen molar-refractivity contribution in [1.29, 1.82) is 0 Å². The molecule has 0 N–H and O–H groups in total. The van der Waals surface area contributed by atoms with Crippen molar-refractivity contribution in [2.45, 2.75) is 18.3 Å². The lowest BCUT2D eigenvalue weighted by Crippen LogP contribution is -2.19. The van der Waals surface area contributed by atoms with Crippen LogP contribution in [0.25, 0.3) is 0 Å². The number of methoxy groups -OCH3 is 3. The molecule has 0 aliphatic carbocycles. The molecule has 0 aliphatic rings. The Labute approximate surface area is 66.2 Å². The van der Waals surface area contributed by atoms with Crippen LogP contribution in [-0.4, -0.2) is 33.2 Å². The van der Waals surface area contributed by atoms with Crippen LogP contribution >= 0.6 is 11.6 Å². The van der Waals surface area contributed by atoms with E-state index in [-0.39, 0.29) is 11.9 Å². The first kappa shape index (κ1) is 10.2. The van der Waals surface area contributed by atoms with Gasteiger partial charge in [-0.3, -0.25) is 0 Å². The van der Waals surface area contributed by atoms with Gasteiger partial charge in [-0.25, -0.2) is 0 Å². The zero-order valence-corrected chi connectivity index (χ0v) is 7.22. The van der Waals surface area contributed by atoms with E-state index in [1.165, 1.54) is 0 Å². The van der Waals surface area contributed by atoms with E-state index < -0.39 is 0 Å². The minimum absolute atomic E-state index is 0.276. The molecule has 0 spiro atoms. The van der Waals surface area contributed by atoms with Gasteiger partial charge in [-0.2, -0.15) is 0 Å². The van der Waals surface area contributed by atoms with Crippen molar-refractivity contribution in [3.05, 3.63) is 0 Å². The first-order valence-electron chi connectivity index (χ1n) is 2.97. The van der Waals surface area contributed by atoms with E-state index in [1.54, 1.807) is 21.3 Å². The largest absolute Gasteiger partial charge is 0.366 e. The summed E-state index contributed by atoms with van der Waals surface area (Å²) in [6.45, 7) is 0.